The number of halogens is 3. The Morgan fingerprint density at radius 3 is 2.73 bits per heavy atom. The Morgan fingerprint density at radius 1 is 1.67 bits per heavy atom. The van der Waals surface area contributed by atoms with Crippen LogP contribution in [0.1, 0.15) is 33.6 Å². The fraction of sp³-hybridized carbons (Fsp3) is 0.222. The number of nitriles is 1. The van der Waals surface area contributed by atoms with E-state index in [1.165, 1.54) is 0 Å². The molecule has 0 radical (unpaired) electrons. The first-order chi connectivity index (χ1) is 7.15. The number of hydrogen-bond acceptors (Lipinski definition) is 3. The molecule has 0 atom stereocenters. The number of aromatic nitrogens is 1. The molecule has 0 saturated heterocycles. The average Bonchev–Trinajstić information content (AvgIpc) is 2.26. The molecule has 3 nitrogen and oxygen atoms in total. The Balaban J connectivity index is 3.50. The van der Waals surface area contributed by atoms with E-state index in [0.717, 1.165) is 6.20 Å². The average molecular weight is 231 g/mol. The van der Waals surface area contributed by atoms with Crippen molar-refractivity contribution in [3.05, 3.63) is 28.6 Å². The lowest BCUT2D eigenvalue weighted by Crippen LogP contribution is -2.03. The molecule has 0 saturated carbocycles. The van der Waals surface area contributed by atoms with Crippen LogP contribution in [0.2, 0.25) is 0 Å². The number of aldehydes is 1. The summed E-state index contributed by atoms with van der Waals surface area (Å²) in [6, 6.07) is 1.56. The molecule has 0 aromatic carbocycles. The summed E-state index contributed by atoms with van der Waals surface area (Å²) in [6.07, 6.45) is -1.65. The van der Waals surface area contributed by atoms with Crippen molar-refractivity contribution in [2.24, 2.45) is 0 Å². The zero-order valence-electron chi connectivity index (χ0n) is 7.38. The van der Waals surface area contributed by atoms with Gasteiger partial charge in [0.2, 0.25) is 0 Å². The van der Waals surface area contributed by atoms with Crippen LogP contribution in [0, 0.1) is 11.3 Å². The molecule has 1 aromatic heterocycles. The molecule has 15 heavy (non-hydrogen) atoms. The highest BCUT2D eigenvalue weighted by atomic mass is 35.5. The molecule has 78 valence electrons. The molecule has 0 spiro atoms. The van der Waals surface area contributed by atoms with E-state index >= 15 is 0 Å². The van der Waals surface area contributed by atoms with Gasteiger partial charge in [0.1, 0.15) is 6.07 Å². The van der Waals surface area contributed by atoms with Gasteiger partial charge in [0.15, 0.2) is 6.29 Å². The fourth-order valence-electron chi connectivity index (χ4n) is 1.11. The van der Waals surface area contributed by atoms with Crippen molar-refractivity contribution >= 4 is 17.9 Å². The molecule has 0 bridgehead atoms. The SMILES string of the molecule is N#Cc1c(C(F)F)cnc(CCl)c1C=O. The molecule has 1 heterocycles. The minimum atomic E-state index is -2.84. The summed E-state index contributed by atoms with van der Waals surface area (Å²) in [6.45, 7) is 0. The summed E-state index contributed by atoms with van der Waals surface area (Å²) < 4.78 is 24.9. The van der Waals surface area contributed by atoms with Crippen LogP contribution in [0.3, 0.4) is 0 Å². The van der Waals surface area contributed by atoms with Crippen molar-refractivity contribution in [3.8, 4) is 6.07 Å². The highest BCUT2D eigenvalue weighted by molar-refractivity contribution is 6.17. The van der Waals surface area contributed by atoms with E-state index in [1.807, 2.05) is 0 Å². The van der Waals surface area contributed by atoms with E-state index in [4.69, 9.17) is 16.9 Å². The van der Waals surface area contributed by atoms with Crippen molar-refractivity contribution in [2.45, 2.75) is 12.3 Å². The summed E-state index contributed by atoms with van der Waals surface area (Å²) in [5, 5.41) is 8.69. The van der Waals surface area contributed by atoms with E-state index in [-0.39, 0.29) is 22.7 Å². The zero-order valence-corrected chi connectivity index (χ0v) is 8.13. The summed E-state index contributed by atoms with van der Waals surface area (Å²) in [4.78, 5) is 14.2. The lowest BCUT2D eigenvalue weighted by molar-refractivity contribution is 0.112. The normalized spacial score (nSPS) is 10.1. The number of hydrogen-bond donors (Lipinski definition) is 0. The Kier molecular flexibility index (Phi) is 3.69. The smallest absolute Gasteiger partial charge is 0.266 e. The first kappa shape index (κ1) is 11.5. The molecule has 0 fully saturated rings. The number of alkyl halides is 3. The van der Waals surface area contributed by atoms with E-state index < -0.39 is 12.0 Å². The van der Waals surface area contributed by atoms with Gasteiger partial charge in [0.05, 0.1) is 28.3 Å². The standard InChI is InChI=1S/C9H5ClF2N2O/c10-1-8-7(4-15)5(2-13)6(3-14-8)9(11)12/h3-4,9H,1H2. The molecule has 0 amide bonds. The number of carbonyl (C=O) groups is 1. The van der Waals surface area contributed by atoms with Gasteiger partial charge in [-0.3, -0.25) is 9.78 Å². The van der Waals surface area contributed by atoms with E-state index in [1.54, 1.807) is 6.07 Å². The molecule has 1 rings (SSSR count). The van der Waals surface area contributed by atoms with Crippen LogP contribution in [0.5, 0.6) is 0 Å². The van der Waals surface area contributed by atoms with E-state index in [9.17, 15) is 13.6 Å². The highest BCUT2D eigenvalue weighted by Crippen LogP contribution is 2.25. The van der Waals surface area contributed by atoms with Crippen LogP contribution < -0.4 is 0 Å². The Labute approximate surface area is 89.3 Å². The number of nitrogens with zero attached hydrogens (tertiary/aromatic N) is 2. The topological polar surface area (TPSA) is 53.8 Å². The van der Waals surface area contributed by atoms with Gasteiger partial charge in [0, 0.05) is 6.20 Å². The van der Waals surface area contributed by atoms with Crippen LogP contribution >= 0.6 is 11.6 Å². The molecule has 0 aliphatic heterocycles. The van der Waals surface area contributed by atoms with Crippen molar-refractivity contribution in [1.29, 1.82) is 5.26 Å². The second-order valence-corrected chi connectivity index (χ2v) is 2.88. The van der Waals surface area contributed by atoms with Gasteiger partial charge in [-0.05, 0) is 0 Å². The Morgan fingerprint density at radius 2 is 2.33 bits per heavy atom. The minimum Gasteiger partial charge on any atom is -0.298 e. The second kappa shape index (κ2) is 4.80. The minimum absolute atomic E-state index is 0.105. The summed E-state index contributed by atoms with van der Waals surface area (Å²) >= 11 is 5.45. The summed E-state index contributed by atoms with van der Waals surface area (Å²) in [5.41, 5.74) is -0.933. The predicted molar refractivity (Wildman–Crippen MR) is 48.9 cm³/mol. The number of rotatable bonds is 3. The third-order valence-electron chi connectivity index (χ3n) is 1.82. The largest absolute Gasteiger partial charge is 0.298 e. The summed E-state index contributed by atoms with van der Waals surface area (Å²) in [5.74, 6) is -0.105. The third-order valence-corrected chi connectivity index (χ3v) is 2.07. The van der Waals surface area contributed by atoms with Crippen molar-refractivity contribution in [1.82, 2.24) is 4.98 Å². The second-order valence-electron chi connectivity index (χ2n) is 2.61. The van der Waals surface area contributed by atoms with Gasteiger partial charge in [-0.25, -0.2) is 8.78 Å². The molecule has 6 heteroatoms. The van der Waals surface area contributed by atoms with Gasteiger partial charge in [-0.15, -0.1) is 11.6 Å². The van der Waals surface area contributed by atoms with Crippen molar-refractivity contribution in [3.63, 3.8) is 0 Å². The summed E-state index contributed by atoms with van der Waals surface area (Å²) in [7, 11) is 0. The van der Waals surface area contributed by atoms with E-state index in [0.29, 0.717) is 6.29 Å². The maximum absolute atomic E-state index is 12.4. The molecule has 0 N–H and O–H groups in total. The number of pyridine rings is 1. The molecule has 0 unspecified atom stereocenters. The van der Waals surface area contributed by atoms with Crippen molar-refractivity contribution < 1.29 is 13.6 Å². The van der Waals surface area contributed by atoms with Crippen LogP contribution in [-0.2, 0) is 5.88 Å². The number of carbonyl (C=O) groups excluding carboxylic acids is 1. The van der Waals surface area contributed by atoms with Gasteiger partial charge >= 0.3 is 0 Å². The first-order valence-electron chi connectivity index (χ1n) is 3.86. The van der Waals surface area contributed by atoms with Crippen LogP contribution in [-0.4, -0.2) is 11.3 Å². The van der Waals surface area contributed by atoms with Gasteiger partial charge < -0.3 is 0 Å². The maximum atomic E-state index is 12.4. The van der Waals surface area contributed by atoms with Gasteiger partial charge in [-0.2, -0.15) is 5.26 Å². The Hall–Kier alpha value is -1.54. The van der Waals surface area contributed by atoms with Crippen LogP contribution in [0.15, 0.2) is 6.20 Å². The maximum Gasteiger partial charge on any atom is 0.266 e. The van der Waals surface area contributed by atoms with Gasteiger partial charge in [-0.1, -0.05) is 0 Å². The quantitative estimate of drug-likeness (QED) is 0.592. The zero-order chi connectivity index (χ0) is 11.4. The van der Waals surface area contributed by atoms with Crippen LogP contribution in [0.25, 0.3) is 0 Å². The van der Waals surface area contributed by atoms with Gasteiger partial charge in [0.25, 0.3) is 6.43 Å². The molecule has 0 aliphatic carbocycles. The third kappa shape index (κ3) is 2.10. The first-order valence-corrected chi connectivity index (χ1v) is 4.40. The molecular weight excluding hydrogens is 226 g/mol. The molecule has 0 aliphatic rings. The fourth-order valence-corrected chi connectivity index (χ4v) is 1.32. The lowest BCUT2D eigenvalue weighted by atomic mass is 10.0. The highest BCUT2D eigenvalue weighted by Gasteiger charge is 2.19. The predicted octanol–water partition coefficient (Wildman–Crippen LogP) is 2.44. The van der Waals surface area contributed by atoms with Crippen molar-refractivity contribution in [2.75, 3.05) is 0 Å². The monoisotopic (exact) mass is 230 g/mol. The van der Waals surface area contributed by atoms with E-state index in [2.05, 4.69) is 4.98 Å². The molecular formula is C9H5ClF2N2O. The lowest BCUT2D eigenvalue weighted by Gasteiger charge is -2.06. The van der Waals surface area contributed by atoms with Crippen LogP contribution in [0.4, 0.5) is 8.78 Å². The Bertz CT molecular complexity index is 429. The molecule has 1 aromatic rings.